The number of hydrogen-bond acceptors (Lipinski definition) is 4. The predicted molar refractivity (Wildman–Crippen MR) is 133 cm³/mol. The first-order valence-corrected chi connectivity index (χ1v) is 11.2. The second-order valence-corrected chi connectivity index (χ2v) is 8.33. The Balaban J connectivity index is 1.81. The highest BCUT2D eigenvalue weighted by molar-refractivity contribution is 5.83. The van der Waals surface area contributed by atoms with Crippen LogP contribution in [-0.4, -0.2) is 37.4 Å². The standard InChI is InChI=1S/C27H33N5/c1-4-25(5-2)31-26(29)19-30-27(23-13-15-32(3)16-14-23)22-11-9-21(10-12-22)24-8-6-7-20(17-24)18-28/h4-12,17,23,27,30H,1,13-16,19H2,2-3H3,(H2,29,31)/b25-5+. The molecule has 1 aliphatic heterocycles. The molecule has 2 aromatic carbocycles. The lowest BCUT2D eigenvalue weighted by molar-refractivity contribution is 0.187. The van der Waals surface area contributed by atoms with Gasteiger partial charge in [-0.3, -0.25) is 0 Å². The maximum Gasteiger partial charge on any atom is 0.114 e. The zero-order valence-corrected chi connectivity index (χ0v) is 19.1. The van der Waals surface area contributed by atoms with Gasteiger partial charge in [0.05, 0.1) is 23.9 Å². The number of hydrogen-bond donors (Lipinski definition) is 2. The number of nitrogens with one attached hydrogen (secondary N) is 1. The normalized spacial score (nSPS) is 17.0. The van der Waals surface area contributed by atoms with Crippen LogP contribution in [0.4, 0.5) is 0 Å². The topological polar surface area (TPSA) is 77.4 Å². The Hall–Kier alpha value is -3.20. The number of nitriles is 1. The first-order valence-electron chi connectivity index (χ1n) is 11.2. The highest BCUT2D eigenvalue weighted by Gasteiger charge is 2.26. The number of piperidine rings is 1. The molecule has 5 heteroatoms. The van der Waals surface area contributed by atoms with Gasteiger partial charge in [0.25, 0.3) is 0 Å². The molecule has 1 aliphatic rings. The van der Waals surface area contributed by atoms with Crippen LogP contribution in [0, 0.1) is 17.2 Å². The van der Waals surface area contributed by atoms with E-state index >= 15 is 0 Å². The van der Waals surface area contributed by atoms with Crippen molar-refractivity contribution >= 4 is 5.84 Å². The Morgan fingerprint density at radius 3 is 2.59 bits per heavy atom. The minimum Gasteiger partial charge on any atom is -0.386 e. The van der Waals surface area contributed by atoms with Gasteiger partial charge in [-0.15, -0.1) is 0 Å². The van der Waals surface area contributed by atoms with E-state index in [2.05, 4.69) is 59.2 Å². The molecule has 3 rings (SSSR count). The second kappa shape index (κ2) is 11.4. The van der Waals surface area contributed by atoms with Crippen molar-refractivity contribution in [3.63, 3.8) is 0 Å². The van der Waals surface area contributed by atoms with E-state index in [0.29, 0.717) is 23.9 Å². The Labute approximate surface area is 192 Å². The molecule has 0 aromatic heterocycles. The number of nitrogens with two attached hydrogens (primary N) is 1. The van der Waals surface area contributed by atoms with Crippen LogP contribution in [-0.2, 0) is 0 Å². The van der Waals surface area contributed by atoms with Crippen molar-refractivity contribution in [1.29, 1.82) is 5.26 Å². The number of amidine groups is 1. The molecular weight excluding hydrogens is 394 g/mol. The molecule has 3 N–H and O–H groups in total. The Kier molecular flexibility index (Phi) is 8.38. The molecule has 1 heterocycles. The molecule has 1 fully saturated rings. The van der Waals surface area contributed by atoms with E-state index in [1.807, 2.05) is 37.3 Å². The molecule has 0 bridgehead atoms. The van der Waals surface area contributed by atoms with Gasteiger partial charge in [0.15, 0.2) is 0 Å². The van der Waals surface area contributed by atoms with Gasteiger partial charge in [0.2, 0.25) is 0 Å². The Morgan fingerprint density at radius 1 is 1.25 bits per heavy atom. The van der Waals surface area contributed by atoms with Crippen LogP contribution in [0.5, 0.6) is 0 Å². The predicted octanol–water partition coefficient (Wildman–Crippen LogP) is 4.64. The monoisotopic (exact) mass is 427 g/mol. The first kappa shape index (κ1) is 23.5. The van der Waals surface area contributed by atoms with Crippen molar-refractivity contribution in [3.8, 4) is 17.2 Å². The SMILES string of the molecule is C=C/C(=C\C)N=C(N)CNC(c1ccc(-c2cccc(C#N)c2)cc1)C1CCN(C)CC1. The molecule has 1 atom stereocenters. The lowest BCUT2D eigenvalue weighted by atomic mass is 9.85. The summed E-state index contributed by atoms with van der Waals surface area (Å²) in [6, 6.07) is 18.8. The molecule has 166 valence electrons. The summed E-state index contributed by atoms with van der Waals surface area (Å²) < 4.78 is 0. The Morgan fingerprint density at radius 2 is 1.97 bits per heavy atom. The Bertz CT molecular complexity index is 1010. The van der Waals surface area contributed by atoms with Gasteiger partial charge in [-0.1, -0.05) is 49.1 Å². The average Bonchev–Trinajstić information content (AvgIpc) is 2.84. The quantitative estimate of drug-likeness (QED) is 0.365. The molecular formula is C27H33N5. The summed E-state index contributed by atoms with van der Waals surface area (Å²) >= 11 is 0. The summed E-state index contributed by atoms with van der Waals surface area (Å²) in [6.07, 6.45) is 5.89. The number of aliphatic imine (C=N–C) groups is 1. The summed E-state index contributed by atoms with van der Waals surface area (Å²) in [7, 11) is 2.18. The fourth-order valence-electron chi connectivity index (χ4n) is 4.22. The van der Waals surface area contributed by atoms with Crippen molar-refractivity contribution in [2.45, 2.75) is 25.8 Å². The zero-order chi connectivity index (χ0) is 22.9. The average molecular weight is 428 g/mol. The van der Waals surface area contributed by atoms with Crippen LogP contribution in [0.25, 0.3) is 11.1 Å². The van der Waals surface area contributed by atoms with Gasteiger partial charge >= 0.3 is 0 Å². The van der Waals surface area contributed by atoms with Crippen LogP contribution in [0.3, 0.4) is 0 Å². The molecule has 0 spiro atoms. The molecule has 32 heavy (non-hydrogen) atoms. The van der Waals surface area contributed by atoms with Crippen molar-refractivity contribution in [3.05, 3.63) is 84.1 Å². The second-order valence-electron chi connectivity index (χ2n) is 8.33. The van der Waals surface area contributed by atoms with Crippen molar-refractivity contribution in [1.82, 2.24) is 10.2 Å². The highest BCUT2D eigenvalue weighted by Crippen LogP contribution is 2.32. The number of allylic oxidation sites excluding steroid dienone is 2. The minimum absolute atomic E-state index is 0.203. The van der Waals surface area contributed by atoms with Crippen LogP contribution in [0.1, 0.15) is 36.9 Å². The highest BCUT2D eigenvalue weighted by atomic mass is 15.1. The molecule has 2 aromatic rings. The smallest absolute Gasteiger partial charge is 0.114 e. The molecule has 0 radical (unpaired) electrons. The van der Waals surface area contributed by atoms with E-state index in [1.165, 1.54) is 5.56 Å². The van der Waals surface area contributed by atoms with E-state index in [0.717, 1.165) is 42.8 Å². The van der Waals surface area contributed by atoms with E-state index in [4.69, 9.17) is 5.73 Å². The summed E-state index contributed by atoms with van der Waals surface area (Å²) in [6.45, 7) is 8.43. The number of nitrogens with zero attached hydrogens (tertiary/aromatic N) is 3. The maximum absolute atomic E-state index is 9.19. The third-order valence-corrected chi connectivity index (χ3v) is 6.11. The van der Waals surface area contributed by atoms with Crippen molar-refractivity contribution in [2.24, 2.45) is 16.6 Å². The first-order chi connectivity index (χ1) is 15.5. The summed E-state index contributed by atoms with van der Waals surface area (Å²) in [4.78, 5) is 6.83. The zero-order valence-electron chi connectivity index (χ0n) is 19.1. The third kappa shape index (κ3) is 6.16. The lowest BCUT2D eigenvalue weighted by Gasteiger charge is -2.35. The van der Waals surface area contributed by atoms with E-state index in [-0.39, 0.29) is 6.04 Å². The molecule has 1 saturated heterocycles. The van der Waals surface area contributed by atoms with Gasteiger partial charge in [-0.25, -0.2) is 4.99 Å². The summed E-state index contributed by atoms with van der Waals surface area (Å²) in [5.74, 6) is 1.09. The largest absolute Gasteiger partial charge is 0.386 e. The lowest BCUT2D eigenvalue weighted by Crippen LogP contribution is -2.40. The summed E-state index contributed by atoms with van der Waals surface area (Å²) in [5.41, 5.74) is 11.1. The van der Waals surface area contributed by atoms with Crippen LogP contribution in [0.2, 0.25) is 0 Å². The fourth-order valence-corrected chi connectivity index (χ4v) is 4.22. The third-order valence-electron chi connectivity index (χ3n) is 6.11. The van der Waals surface area contributed by atoms with Gasteiger partial charge in [0, 0.05) is 6.04 Å². The van der Waals surface area contributed by atoms with E-state index in [1.54, 1.807) is 6.08 Å². The fraction of sp³-hybridized carbons (Fsp3) is 0.333. The van der Waals surface area contributed by atoms with Crippen LogP contribution >= 0.6 is 0 Å². The number of rotatable bonds is 8. The molecule has 1 unspecified atom stereocenters. The van der Waals surface area contributed by atoms with Crippen LogP contribution in [0.15, 0.2) is 78.0 Å². The van der Waals surface area contributed by atoms with E-state index < -0.39 is 0 Å². The van der Waals surface area contributed by atoms with Gasteiger partial charge in [0.1, 0.15) is 5.84 Å². The number of benzene rings is 2. The van der Waals surface area contributed by atoms with Crippen molar-refractivity contribution < 1.29 is 0 Å². The summed E-state index contributed by atoms with van der Waals surface area (Å²) in [5, 5.41) is 12.9. The molecule has 0 aliphatic carbocycles. The molecule has 0 saturated carbocycles. The van der Waals surface area contributed by atoms with Gasteiger partial charge in [-0.2, -0.15) is 5.26 Å². The molecule has 5 nitrogen and oxygen atoms in total. The van der Waals surface area contributed by atoms with Crippen molar-refractivity contribution in [2.75, 3.05) is 26.7 Å². The molecule has 0 amide bonds. The number of likely N-dealkylation sites (tertiary alicyclic amines) is 1. The maximum atomic E-state index is 9.19. The van der Waals surface area contributed by atoms with E-state index in [9.17, 15) is 5.26 Å². The van der Waals surface area contributed by atoms with Gasteiger partial charge < -0.3 is 16.0 Å². The minimum atomic E-state index is 0.203. The van der Waals surface area contributed by atoms with Gasteiger partial charge in [-0.05, 0) is 80.7 Å². The van der Waals surface area contributed by atoms with Crippen LogP contribution < -0.4 is 11.1 Å².